The summed E-state index contributed by atoms with van der Waals surface area (Å²) in [5.74, 6) is -0.168. The summed E-state index contributed by atoms with van der Waals surface area (Å²) in [5, 5.41) is 8.98. The highest BCUT2D eigenvalue weighted by molar-refractivity contribution is 7.89. The fourth-order valence-electron chi connectivity index (χ4n) is 3.66. The Morgan fingerprint density at radius 2 is 1.88 bits per heavy atom. The predicted molar refractivity (Wildman–Crippen MR) is 122 cm³/mol. The smallest absolute Gasteiger partial charge is 0.254 e. The van der Waals surface area contributed by atoms with E-state index in [0.717, 1.165) is 24.2 Å². The maximum Gasteiger partial charge on any atom is 0.254 e. The van der Waals surface area contributed by atoms with Gasteiger partial charge in [0.25, 0.3) is 5.91 Å². The van der Waals surface area contributed by atoms with Crippen molar-refractivity contribution in [3.63, 3.8) is 0 Å². The molecule has 2 aromatic rings. The Kier molecular flexibility index (Phi) is 7.85. The molecular formula is C23H28N4O4S. The SMILES string of the molecule is COCCNS(=O)(=O)c1ccc(C)c(C(=O)N2CCCN(c3ccc(C#N)cc3)CC2)c1. The average molecular weight is 457 g/mol. The maximum absolute atomic E-state index is 13.3. The molecule has 0 spiro atoms. The molecule has 2 aromatic carbocycles. The van der Waals surface area contributed by atoms with Gasteiger partial charge in [-0.2, -0.15) is 5.26 Å². The van der Waals surface area contributed by atoms with E-state index in [0.29, 0.717) is 30.8 Å². The third-order valence-electron chi connectivity index (χ3n) is 5.49. The lowest BCUT2D eigenvalue weighted by atomic mass is 10.1. The van der Waals surface area contributed by atoms with Crippen LogP contribution in [0.3, 0.4) is 0 Å². The first-order valence-corrected chi connectivity index (χ1v) is 12.0. The maximum atomic E-state index is 13.3. The number of benzene rings is 2. The molecule has 0 aromatic heterocycles. The molecule has 1 N–H and O–H groups in total. The summed E-state index contributed by atoms with van der Waals surface area (Å²) in [6.07, 6.45) is 0.793. The number of ether oxygens (including phenoxy) is 1. The van der Waals surface area contributed by atoms with Crippen LogP contribution < -0.4 is 9.62 Å². The van der Waals surface area contributed by atoms with Crippen molar-refractivity contribution in [3.8, 4) is 6.07 Å². The van der Waals surface area contributed by atoms with Gasteiger partial charge in [0, 0.05) is 51.1 Å². The van der Waals surface area contributed by atoms with Crippen LogP contribution >= 0.6 is 0 Å². The molecule has 0 saturated carbocycles. The fraction of sp³-hybridized carbons (Fsp3) is 0.391. The molecule has 1 aliphatic heterocycles. The third-order valence-corrected chi connectivity index (χ3v) is 6.95. The number of methoxy groups -OCH3 is 1. The first kappa shape index (κ1) is 23.7. The number of rotatable bonds is 7. The zero-order chi connectivity index (χ0) is 23.1. The molecule has 170 valence electrons. The highest BCUT2D eigenvalue weighted by Gasteiger charge is 2.24. The summed E-state index contributed by atoms with van der Waals surface area (Å²) >= 11 is 0. The van der Waals surface area contributed by atoms with Gasteiger partial charge in [0.15, 0.2) is 0 Å². The number of nitriles is 1. The number of carbonyl (C=O) groups is 1. The Labute approximate surface area is 189 Å². The number of sulfonamides is 1. The predicted octanol–water partition coefficient (Wildman–Crippen LogP) is 2.14. The monoisotopic (exact) mass is 456 g/mol. The topological polar surface area (TPSA) is 103 Å². The second kappa shape index (κ2) is 10.6. The zero-order valence-electron chi connectivity index (χ0n) is 18.4. The number of nitrogens with one attached hydrogen (secondary N) is 1. The van der Waals surface area contributed by atoms with E-state index >= 15 is 0 Å². The van der Waals surface area contributed by atoms with Crippen molar-refractivity contribution in [2.24, 2.45) is 0 Å². The van der Waals surface area contributed by atoms with Gasteiger partial charge >= 0.3 is 0 Å². The van der Waals surface area contributed by atoms with E-state index in [1.165, 1.54) is 19.2 Å². The number of anilines is 1. The second-order valence-corrected chi connectivity index (χ2v) is 9.43. The minimum atomic E-state index is -3.73. The van der Waals surface area contributed by atoms with Crippen LogP contribution in [0.15, 0.2) is 47.4 Å². The molecule has 1 aliphatic rings. The lowest BCUT2D eigenvalue weighted by Crippen LogP contribution is -2.35. The largest absolute Gasteiger partial charge is 0.383 e. The second-order valence-electron chi connectivity index (χ2n) is 7.66. The molecule has 9 heteroatoms. The van der Waals surface area contributed by atoms with Crippen molar-refractivity contribution < 1.29 is 17.9 Å². The summed E-state index contributed by atoms with van der Waals surface area (Å²) in [4.78, 5) is 17.3. The first-order valence-electron chi connectivity index (χ1n) is 10.5. The molecule has 1 heterocycles. The highest BCUT2D eigenvalue weighted by Crippen LogP contribution is 2.21. The summed E-state index contributed by atoms with van der Waals surface area (Å²) in [6, 6.07) is 14.2. The quantitative estimate of drug-likeness (QED) is 0.641. The van der Waals surface area contributed by atoms with Crippen LogP contribution in [0.2, 0.25) is 0 Å². The normalized spacial score (nSPS) is 14.7. The Morgan fingerprint density at radius 3 is 2.56 bits per heavy atom. The Balaban J connectivity index is 1.73. The standard InChI is InChI=1S/C23H28N4O4S/c1-18-4-9-21(32(29,30)25-10-15-31-2)16-22(18)23(28)27-12-3-11-26(13-14-27)20-7-5-19(17-24)6-8-20/h4-9,16,25H,3,10-15H2,1-2H3. The first-order chi connectivity index (χ1) is 15.4. The molecule has 1 amide bonds. The van der Waals surface area contributed by atoms with Gasteiger partial charge in [0.1, 0.15) is 0 Å². The zero-order valence-corrected chi connectivity index (χ0v) is 19.2. The number of aryl methyl sites for hydroxylation is 1. The molecule has 0 unspecified atom stereocenters. The summed E-state index contributed by atoms with van der Waals surface area (Å²) in [6.45, 7) is 4.81. The molecular weight excluding hydrogens is 428 g/mol. The minimum Gasteiger partial charge on any atom is -0.383 e. The number of carbonyl (C=O) groups excluding carboxylic acids is 1. The molecule has 1 fully saturated rings. The Morgan fingerprint density at radius 1 is 1.12 bits per heavy atom. The Bertz CT molecular complexity index is 1090. The van der Waals surface area contributed by atoms with Crippen molar-refractivity contribution in [1.29, 1.82) is 5.26 Å². The summed E-state index contributed by atoms with van der Waals surface area (Å²) < 4.78 is 32.5. The lowest BCUT2D eigenvalue weighted by molar-refractivity contribution is 0.0766. The van der Waals surface area contributed by atoms with E-state index in [1.807, 2.05) is 19.1 Å². The number of amides is 1. The fourth-order valence-corrected chi connectivity index (χ4v) is 4.69. The molecule has 0 atom stereocenters. The van der Waals surface area contributed by atoms with E-state index in [9.17, 15) is 13.2 Å². The van der Waals surface area contributed by atoms with Crippen LogP contribution in [0.25, 0.3) is 0 Å². The van der Waals surface area contributed by atoms with E-state index < -0.39 is 10.0 Å². The van der Waals surface area contributed by atoms with Gasteiger partial charge < -0.3 is 14.5 Å². The van der Waals surface area contributed by atoms with Crippen LogP contribution in [0.1, 0.15) is 27.9 Å². The van der Waals surface area contributed by atoms with Gasteiger partial charge in [0.05, 0.1) is 23.1 Å². The van der Waals surface area contributed by atoms with Gasteiger partial charge in [0.2, 0.25) is 10.0 Å². The van der Waals surface area contributed by atoms with E-state index in [-0.39, 0.29) is 24.0 Å². The molecule has 3 rings (SSSR count). The number of nitrogens with zero attached hydrogens (tertiary/aromatic N) is 3. The van der Waals surface area contributed by atoms with E-state index in [1.54, 1.807) is 23.1 Å². The van der Waals surface area contributed by atoms with Crippen LogP contribution in [-0.4, -0.2) is 65.7 Å². The van der Waals surface area contributed by atoms with Crippen LogP contribution in [0, 0.1) is 18.3 Å². The summed E-state index contributed by atoms with van der Waals surface area (Å²) in [7, 11) is -2.23. The van der Waals surface area contributed by atoms with Crippen LogP contribution in [-0.2, 0) is 14.8 Å². The van der Waals surface area contributed by atoms with Crippen molar-refractivity contribution in [1.82, 2.24) is 9.62 Å². The van der Waals surface area contributed by atoms with Crippen molar-refractivity contribution >= 4 is 21.6 Å². The molecule has 0 bridgehead atoms. The minimum absolute atomic E-state index is 0.0663. The number of hydrogen-bond acceptors (Lipinski definition) is 6. The molecule has 0 aliphatic carbocycles. The Hall–Kier alpha value is -2.93. The van der Waals surface area contributed by atoms with E-state index in [4.69, 9.17) is 10.00 Å². The summed E-state index contributed by atoms with van der Waals surface area (Å²) in [5.41, 5.74) is 2.76. The van der Waals surface area contributed by atoms with Gasteiger partial charge in [-0.05, 0) is 55.3 Å². The molecule has 1 saturated heterocycles. The van der Waals surface area contributed by atoms with Crippen molar-refractivity contribution in [2.45, 2.75) is 18.2 Å². The molecule has 32 heavy (non-hydrogen) atoms. The highest BCUT2D eigenvalue weighted by atomic mass is 32.2. The average Bonchev–Trinajstić information content (AvgIpc) is 3.05. The van der Waals surface area contributed by atoms with E-state index in [2.05, 4.69) is 15.7 Å². The third kappa shape index (κ3) is 5.65. The molecule has 8 nitrogen and oxygen atoms in total. The number of hydrogen-bond donors (Lipinski definition) is 1. The van der Waals surface area contributed by atoms with Crippen molar-refractivity contribution in [2.75, 3.05) is 51.3 Å². The van der Waals surface area contributed by atoms with Gasteiger partial charge in [-0.3, -0.25) is 4.79 Å². The van der Waals surface area contributed by atoms with Crippen LogP contribution in [0.4, 0.5) is 5.69 Å². The molecule has 0 radical (unpaired) electrons. The van der Waals surface area contributed by atoms with Gasteiger partial charge in [-0.1, -0.05) is 6.07 Å². The van der Waals surface area contributed by atoms with Crippen LogP contribution in [0.5, 0.6) is 0 Å². The lowest BCUT2D eigenvalue weighted by Gasteiger charge is -2.24. The van der Waals surface area contributed by atoms with Crippen molar-refractivity contribution in [3.05, 3.63) is 59.2 Å². The van der Waals surface area contributed by atoms with Gasteiger partial charge in [-0.25, -0.2) is 13.1 Å². The van der Waals surface area contributed by atoms with Gasteiger partial charge in [-0.15, -0.1) is 0 Å².